The molecule has 1 aliphatic heterocycles. The summed E-state index contributed by atoms with van der Waals surface area (Å²) in [6.45, 7) is 3.70. The van der Waals surface area contributed by atoms with Crippen molar-refractivity contribution < 1.29 is 8.42 Å². The Morgan fingerprint density at radius 1 is 1.55 bits per heavy atom. The van der Waals surface area contributed by atoms with Gasteiger partial charge >= 0.3 is 0 Å². The number of hydrogen-bond acceptors (Lipinski definition) is 3. The molecular weight excluding hydrogens is 162 g/mol. The summed E-state index contributed by atoms with van der Waals surface area (Å²) in [5.41, 5.74) is -0.340. The SMILES string of the molecule is CC=NC1(C)CCS(=O)(=O)C1. The van der Waals surface area contributed by atoms with Gasteiger partial charge in [-0.2, -0.15) is 0 Å². The van der Waals surface area contributed by atoms with E-state index in [4.69, 9.17) is 0 Å². The Balaban J connectivity index is 2.81. The third-order valence-electron chi connectivity index (χ3n) is 1.92. The molecule has 1 heterocycles. The Morgan fingerprint density at radius 2 is 2.18 bits per heavy atom. The van der Waals surface area contributed by atoms with Crippen LogP contribution in [0.1, 0.15) is 20.3 Å². The number of nitrogens with zero attached hydrogens (tertiary/aromatic N) is 1. The number of rotatable bonds is 1. The summed E-state index contributed by atoms with van der Waals surface area (Å²) in [5, 5.41) is 0. The molecule has 11 heavy (non-hydrogen) atoms. The van der Waals surface area contributed by atoms with Gasteiger partial charge in [0.1, 0.15) is 0 Å². The van der Waals surface area contributed by atoms with Gasteiger partial charge in [0.2, 0.25) is 0 Å². The van der Waals surface area contributed by atoms with Crippen molar-refractivity contribution in [3.05, 3.63) is 0 Å². The Kier molecular flexibility index (Phi) is 2.05. The first-order chi connectivity index (χ1) is 4.97. The van der Waals surface area contributed by atoms with Gasteiger partial charge in [0, 0.05) is 0 Å². The fraction of sp³-hybridized carbons (Fsp3) is 0.857. The van der Waals surface area contributed by atoms with Crippen molar-refractivity contribution in [2.45, 2.75) is 25.8 Å². The Labute approximate surface area is 67.4 Å². The highest BCUT2D eigenvalue weighted by atomic mass is 32.2. The van der Waals surface area contributed by atoms with Crippen molar-refractivity contribution >= 4 is 16.1 Å². The summed E-state index contributed by atoms with van der Waals surface area (Å²) in [5.74, 6) is 0.505. The molecule has 0 spiro atoms. The van der Waals surface area contributed by atoms with Crippen LogP contribution in [0.5, 0.6) is 0 Å². The summed E-state index contributed by atoms with van der Waals surface area (Å²) in [7, 11) is -2.79. The minimum Gasteiger partial charge on any atom is -0.290 e. The highest BCUT2D eigenvalue weighted by Crippen LogP contribution is 2.26. The molecular formula is C7H13NO2S. The molecule has 1 saturated heterocycles. The van der Waals surface area contributed by atoms with Gasteiger partial charge < -0.3 is 0 Å². The zero-order valence-electron chi connectivity index (χ0n) is 6.87. The molecule has 0 N–H and O–H groups in total. The van der Waals surface area contributed by atoms with Crippen LogP contribution in [-0.2, 0) is 9.84 Å². The number of sulfone groups is 1. The Bertz CT molecular complexity index is 268. The van der Waals surface area contributed by atoms with E-state index in [0.717, 1.165) is 0 Å². The molecule has 0 aromatic rings. The predicted molar refractivity (Wildman–Crippen MR) is 45.8 cm³/mol. The lowest BCUT2D eigenvalue weighted by molar-refractivity contribution is 0.536. The van der Waals surface area contributed by atoms with Gasteiger partial charge in [-0.3, -0.25) is 4.99 Å². The molecule has 0 bridgehead atoms. The van der Waals surface area contributed by atoms with Gasteiger partial charge in [0.15, 0.2) is 9.84 Å². The predicted octanol–water partition coefficient (Wildman–Crippen LogP) is 0.654. The average molecular weight is 175 g/mol. The molecule has 1 atom stereocenters. The van der Waals surface area contributed by atoms with Crippen molar-refractivity contribution in [2.75, 3.05) is 11.5 Å². The maximum absolute atomic E-state index is 11.0. The molecule has 4 heteroatoms. The van der Waals surface area contributed by atoms with E-state index in [1.54, 1.807) is 6.21 Å². The quantitative estimate of drug-likeness (QED) is 0.549. The molecule has 64 valence electrons. The number of aliphatic imine (C=N–C) groups is 1. The van der Waals surface area contributed by atoms with Crippen LogP contribution in [0.15, 0.2) is 4.99 Å². The van der Waals surface area contributed by atoms with Crippen LogP contribution in [0.25, 0.3) is 0 Å². The van der Waals surface area contributed by atoms with E-state index in [2.05, 4.69) is 4.99 Å². The maximum Gasteiger partial charge on any atom is 0.152 e. The van der Waals surface area contributed by atoms with Gasteiger partial charge in [-0.25, -0.2) is 8.42 Å². The molecule has 0 aliphatic carbocycles. The summed E-state index contributed by atoms with van der Waals surface area (Å²) in [6.07, 6.45) is 2.35. The fourth-order valence-corrected chi connectivity index (χ4v) is 3.47. The van der Waals surface area contributed by atoms with Crippen molar-refractivity contribution in [3.8, 4) is 0 Å². The lowest BCUT2D eigenvalue weighted by Gasteiger charge is -2.14. The van der Waals surface area contributed by atoms with Crippen LogP contribution < -0.4 is 0 Å². The molecule has 1 fully saturated rings. The van der Waals surface area contributed by atoms with Crippen LogP contribution in [0.3, 0.4) is 0 Å². The van der Waals surface area contributed by atoms with Crippen molar-refractivity contribution in [1.29, 1.82) is 0 Å². The lowest BCUT2D eigenvalue weighted by Crippen LogP contribution is -2.23. The summed E-state index contributed by atoms with van der Waals surface area (Å²) in [6, 6.07) is 0. The first-order valence-electron chi connectivity index (χ1n) is 3.68. The zero-order chi connectivity index (χ0) is 8.54. The monoisotopic (exact) mass is 175 g/mol. The Hall–Kier alpha value is -0.380. The van der Waals surface area contributed by atoms with E-state index in [-0.39, 0.29) is 11.3 Å². The third kappa shape index (κ3) is 2.02. The second kappa shape index (κ2) is 2.59. The van der Waals surface area contributed by atoms with Crippen LogP contribution in [-0.4, -0.2) is 31.7 Å². The summed E-state index contributed by atoms with van der Waals surface area (Å²) in [4.78, 5) is 4.15. The normalized spacial score (nSPS) is 36.5. The van der Waals surface area contributed by atoms with E-state index in [0.29, 0.717) is 12.2 Å². The number of hydrogen-bond donors (Lipinski definition) is 0. The Morgan fingerprint density at radius 3 is 2.55 bits per heavy atom. The molecule has 0 amide bonds. The highest BCUT2D eigenvalue weighted by molar-refractivity contribution is 7.91. The minimum absolute atomic E-state index is 0.213. The van der Waals surface area contributed by atoms with E-state index in [1.807, 2.05) is 13.8 Å². The topological polar surface area (TPSA) is 46.5 Å². The van der Waals surface area contributed by atoms with Crippen LogP contribution in [0.2, 0.25) is 0 Å². The lowest BCUT2D eigenvalue weighted by atomic mass is 10.0. The van der Waals surface area contributed by atoms with E-state index in [9.17, 15) is 8.42 Å². The maximum atomic E-state index is 11.0. The van der Waals surface area contributed by atoms with E-state index < -0.39 is 9.84 Å². The van der Waals surface area contributed by atoms with Crippen LogP contribution in [0.4, 0.5) is 0 Å². The molecule has 1 unspecified atom stereocenters. The average Bonchev–Trinajstić information content (AvgIpc) is 2.07. The van der Waals surface area contributed by atoms with Gasteiger partial charge in [0.05, 0.1) is 17.0 Å². The minimum atomic E-state index is -2.79. The van der Waals surface area contributed by atoms with Crippen molar-refractivity contribution in [2.24, 2.45) is 4.99 Å². The largest absolute Gasteiger partial charge is 0.290 e. The van der Waals surface area contributed by atoms with Gasteiger partial charge in [-0.1, -0.05) is 0 Å². The van der Waals surface area contributed by atoms with E-state index >= 15 is 0 Å². The fourth-order valence-electron chi connectivity index (χ4n) is 1.41. The van der Waals surface area contributed by atoms with Crippen molar-refractivity contribution in [3.63, 3.8) is 0 Å². The molecule has 1 aliphatic rings. The van der Waals surface area contributed by atoms with Gasteiger partial charge in [-0.15, -0.1) is 0 Å². The molecule has 3 nitrogen and oxygen atoms in total. The molecule has 0 radical (unpaired) electrons. The molecule has 1 rings (SSSR count). The molecule has 0 aromatic heterocycles. The van der Waals surface area contributed by atoms with Crippen LogP contribution in [0, 0.1) is 0 Å². The first kappa shape index (κ1) is 8.71. The standard InChI is InChI=1S/C7H13NO2S/c1-3-8-7(2)4-5-11(9,10)6-7/h3H,4-6H2,1-2H3. The van der Waals surface area contributed by atoms with Crippen LogP contribution >= 0.6 is 0 Å². The second-order valence-corrected chi connectivity index (χ2v) is 5.41. The highest BCUT2D eigenvalue weighted by Gasteiger charge is 2.37. The summed E-state index contributed by atoms with van der Waals surface area (Å²) < 4.78 is 22.1. The first-order valence-corrected chi connectivity index (χ1v) is 5.50. The van der Waals surface area contributed by atoms with Gasteiger partial charge in [0.25, 0.3) is 0 Å². The zero-order valence-corrected chi connectivity index (χ0v) is 7.69. The van der Waals surface area contributed by atoms with Gasteiger partial charge in [-0.05, 0) is 26.5 Å². The molecule has 0 aromatic carbocycles. The second-order valence-electron chi connectivity index (χ2n) is 3.23. The summed E-state index contributed by atoms with van der Waals surface area (Å²) >= 11 is 0. The van der Waals surface area contributed by atoms with Crippen molar-refractivity contribution in [1.82, 2.24) is 0 Å². The smallest absolute Gasteiger partial charge is 0.152 e. The van der Waals surface area contributed by atoms with E-state index in [1.165, 1.54) is 0 Å². The molecule has 0 saturated carbocycles. The third-order valence-corrected chi connectivity index (χ3v) is 3.81.